The number of sulfone groups is 1. The number of carbonyl (C=O) groups is 1. The average molecular weight is 308 g/mol. The third-order valence-corrected chi connectivity index (χ3v) is 4.83. The largest absolute Gasteiger partial charge is 0.480 e. The summed E-state index contributed by atoms with van der Waals surface area (Å²) in [6.07, 6.45) is 0. The zero-order chi connectivity index (χ0) is 14.8. The number of hydrogen-bond donors (Lipinski definition) is 1. The van der Waals surface area contributed by atoms with Crippen LogP contribution in [0.5, 0.6) is 0 Å². The zero-order valence-electron chi connectivity index (χ0n) is 9.74. The quantitative estimate of drug-likeness (QED) is 0.653. The van der Waals surface area contributed by atoms with Crippen LogP contribution in [0.1, 0.15) is 12.5 Å². The highest BCUT2D eigenvalue weighted by Gasteiger charge is 2.28. The van der Waals surface area contributed by atoms with Crippen molar-refractivity contribution < 1.29 is 23.2 Å². The molecular formula is C10H10ClNO6S. The van der Waals surface area contributed by atoms with Gasteiger partial charge in [0.2, 0.25) is 0 Å². The van der Waals surface area contributed by atoms with Gasteiger partial charge in [0.05, 0.1) is 15.7 Å². The first kappa shape index (κ1) is 15.4. The summed E-state index contributed by atoms with van der Waals surface area (Å²) in [6.45, 7) is 1.05. The highest BCUT2D eigenvalue weighted by molar-refractivity contribution is 7.92. The van der Waals surface area contributed by atoms with Crippen LogP contribution in [0.3, 0.4) is 0 Å². The predicted molar refractivity (Wildman–Crippen MR) is 67.8 cm³/mol. The molecule has 0 saturated heterocycles. The van der Waals surface area contributed by atoms with Crippen LogP contribution < -0.4 is 0 Å². The average Bonchev–Trinajstić information content (AvgIpc) is 2.30. The van der Waals surface area contributed by atoms with Gasteiger partial charge in [-0.2, -0.15) is 0 Å². The molecule has 0 aromatic heterocycles. The summed E-state index contributed by atoms with van der Waals surface area (Å²) in [5.41, 5.74) is -0.141. The lowest BCUT2D eigenvalue weighted by atomic mass is 10.2. The van der Waals surface area contributed by atoms with Crippen LogP contribution in [0.4, 0.5) is 5.69 Å². The Morgan fingerprint density at radius 3 is 2.53 bits per heavy atom. The SMILES string of the molecule is CC(C(=O)O)S(=O)(=O)Cc1ccc([N+](=O)[O-])cc1Cl. The number of carboxylic acids is 1. The molecule has 7 nitrogen and oxygen atoms in total. The molecule has 0 radical (unpaired) electrons. The predicted octanol–water partition coefficient (Wildman–Crippen LogP) is 1.64. The monoisotopic (exact) mass is 307 g/mol. The molecule has 19 heavy (non-hydrogen) atoms. The Balaban J connectivity index is 3.07. The lowest BCUT2D eigenvalue weighted by Crippen LogP contribution is -2.28. The number of halogens is 1. The number of rotatable bonds is 5. The van der Waals surface area contributed by atoms with Crippen molar-refractivity contribution in [3.63, 3.8) is 0 Å². The summed E-state index contributed by atoms with van der Waals surface area (Å²) >= 11 is 5.75. The molecule has 1 N–H and O–H groups in total. The molecule has 0 saturated carbocycles. The maximum Gasteiger partial charge on any atom is 0.321 e. The number of non-ortho nitro benzene ring substituents is 1. The Morgan fingerprint density at radius 2 is 2.11 bits per heavy atom. The van der Waals surface area contributed by atoms with Gasteiger partial charge < -0.3 is 5.11 Å². The molecule has 1 aromatic rings. The first-order valence-corrected chi connectivity index (χ1v) is 7.11. The number of aliphatic carboxylic acids is 1. The fraction of sp³-hybridized carbons (Fsp3) is 0.300. The van der Waals surface area contributed by atoms with Gasteiger partial charge in [0.1, 0.15) is 0 Å². The number of benzene rings is 1. The number of nitro groups is 1. The molecule has 1 atom stereocenters. The Morgan fingerprint density at radius 1 is 1.53 bits per heavy atom. The number of hydrogen-bond acceptors (Lipinski definition) is 5. The normalized spacial score (nSPS) is 12.9. The van der Waals surface area contributed by atoms with Crippen LogP contribution in [-0.2, 0) is 20.4 Å². The second kappa shape index (κ2) is 5.54. The van der Waals surface area contributed by atoms with Crippen molar-refractivity contribution in [2.45, 2.75) is 17.9 Å². The van der Waals surface area contributed by atoms with Crippen molar-refractivity contribution in [2.24, 2.45) is 0 Å². The number of nitro benzene ring substituents is 1. The summed E-state index contributed by atoms with van der Waals surface area (Å²) in [5, 5.41) is 17.5. The highest BCUT2D eigenvalue weighted by atomic mass is 35.5. The van der Waals surface area contributed by atoms with Gasteiger partial charge in [0, 0.05) is 12.1 Å². The fourth-order valence-corrected chi connectivity index (χ4v) is 2.83. The van der Waals surface area contributed by atoms with Gasteiger partial charge in [-0.3, -0.25) is 14.9 Å². The summed E-state index contributed by atoms with van der Waals surface area (Å²) in [5.74, 6) is -2.05. The van der Waals surface area contributed by atoms with Crippen molar-refractivity contribution in [1.82, 2.24) is 0 Å². The smallest absolute Gasteiger partial charge is 0.321 e. The van der Waals surface area contributed by atoms with Gasteiger partial charge in [-0.15, -0.1) is 0 Å². The fourth-order valence-electron chi connectivity index (χ4n) is 1.26. The van der Waals surface area contributed by atoms with Crippen LogP contribution in [0.15, 0.2) is 18.2 Å². The van der Waals surface area contributed by atoms with E-state index in [-0.39, 0.29) is 16.3 Å². The number of nitrogens with zero attached hydrogens (tertiary/aromatic N) is 1. The first-order chi connectivity index (χ1) is 8.65. The van der Waals surface area contributed by atoms with E-state index in [0.29, 0.717) is 0 Å². The molecule has 0 aliphatic heterocycles. The van der Waals surface area contributed by atoms with Crippen LogP contribution in [0.2, 0.25) is 5.02 Å². The maximum atomic E-state index is 11.7. The molecule has 9 heteroatoms. The molecule has 1 rings (SSSR count). The van der Waals surface area contributed by atoms with Gasteiger partial charge in [0.15, 0.2) is 15.1 Å². The Bertz CT molecular complexity index is 627. The molecule has 104 valence electrons. The molecule has 0 aliphatic rings. The molecule has 0 aliphatic carbocycles. The van der Waals surface area contributed by atoms with Crippen molar-refractivity contribution in [3.8, 4) is 0 Å². The Labute approximate surface area is 113 Å². The third-order valence-electron chi connectivity index (χ3n) is 2.49. The topological polar surface area (TPSA) is 115 Å². The van der Waals surface area contributed by atoms with E-state index in [2.05, 4.69) is 0 Å². The number of carboxylic acid groups (broad SMARTS) is 1. The van der Waals surface area contributed by atoms with E-state index >= 15 is 0 Å². The molecule has 0 fully saturated rings. The summed E-state index contributed by atoms with van der Waals surface area (Å²) in [7, 11) is -3.92. The first-order valence-electron chi connectivity index (χ1n) is 5.02. The Kier molecular flexibility index (Phi) is 4.48. The summed E-state index contributed by atoms with van der Waals surface area (Å²) in [4.78, 5) is 20.5. The van der Waals surface area contributed by atoms with E-state index in [1.165, 1.54) is 6.07 Å². The van der Waals surface area contributed by atoms with Gasteiger partial charge in [-0.1, -0.05) is 11.6 Å². The molecule has 0 amide bonds. The molecule has 0 heterocycles. The molecule has 0 bridgehead atoms. The van der Waals surface area contributed by atoms with Crippen LogP contribution >= 0.6 is 11.6 Å². The van der Waals surface area contributed by atoms with Crippen LogP contribution in [0.25, 0.3) is 0 Å². The van der Waals surface area contributed by atoms with Gasteiger partial charge in [-0.05, 0) is 18.6 Å². The van der Waals surface area contributed by atoms with Crippen molar-refractivity contribution in [3.05, 3.63) is 38.9 Å². The molecule has 0 spiro atoms. The van der Waals surface area contributed by atoms with Gasteiger partial charge in [-0.25, -0.2) is 8.42 Å². The van der Waals surface area contributed by atoms with E-state index in [1.54, 1.807) is 0 Å². The summed E-state index contributed by atoms with van der Waals surface area (Å²) in [6, 6.07) is 3.34. The third kappa shape index (κ3) is 3.65. The minimum Gasteiger partial charge on any atom is -0.480 e. The van der Waals surface area contributed by atoms with Gasteiger partial charge in [0.25, 0.3) is 5.69 Å². The maximum absolute atomic E-state index is 11.7. The van der Waals surface area contributed by atoms with Crippen molar-refractivity contribution >= 4 is 33.1 Å². The van der Waals surface area contributed by atoms with Gasteiger partial charge >= 0.3 is 5.97 Å². The van der Waals surface area contributed by atoms with Crippen molar-refractivity contribution in [2.75, 3.05) is 0 Å². The van der Waals surface area contributed by atoms with E-state index < -0.39 is 31.7 Å². The second-order valence-electron chi connectivity index (χ2n) is 3.82. The lowest BCUT2D eigenvalue weighted by Gasteiger charge is -2.09. The second-order valence-corrected chi connectivity index (χ2v) is 6.55. The standard InChI is InChI=1S/C10H10ClNO6S/c1-6(10(13)14)19(17,18)5-7-2-3-8(12(15)16)4-9(7)11/h2-4,6H,5H2,1H3,(H,13,14). The minimum absolute atomic E-state index is 0.0876. The van der Waals surface area contributed by atoms with E-state index in [9.17, 15) is 23.3 Å². The van der Waals surface area contributed by atoms with Crippen LogP contribution in [-0.4, -0.2) is 29.7 Å². The highest BCUT2D eigenvalue weighted by Crippen LogP contribution is 2.25. The van der Waals surface area contributed by atoms with Crippen LogP contribution in [0, 0.1) is 10.1 Å². The van der Waals surface area contributed by atoms with E-state index in [4.69, 9.17) is 16.7 Å². The lowest BCUT2D eigenvalue weighted by molar-refractivity contribution is -0.384. The Hall–Kier alpha value is -1.67. The summed E-state index contributed by atoms with van der Waals surface area (Å²) < 4.78 is 23.5. The van der Waals surface area contributed by atoms with E-state index in [1.807, 2.05) is 0 Å². The minimum atomic E-state index is -3.92. The molecule has 1 aromatic carbocycles. The van der Waals surface area contributed by atoms with Crippen molar-refractivity contribution in [1.29, 1.82) is 0 Å². The van der Waals surface area contributed by atoms with E-state index in [0.717, 1.165) is 19.1 Å². The zero-order valence-corrected chi connectivity index (χ0v) is 11.3. The molecule has 1 unspecified atom stereocenters. The molecular weight excluding hydrogens is 298 g/mol.